The molecular weight excluding hydrogens is 296 g/mol. The molecule has 0 spiro atoms. The van der Waals surface area contributed by atoms with Crippen molar-refractivity contribution in [1.82, 2.24) is 0 Å². The topological polar surface area (TPSA) is 12.0 Å². The van der Waals surface area contributed by atoms with Gasteiger partial charge in [0.25, 0.3) is 0 Å². The maximum absolute atomic E-state index is 13.5. The average molecular weight is 312 g/mol. The van der Waals surface area contributed by atoms with Crippen LogP contribution in [0, 0.1) is 5.82 Å². The van der Waals surface area contributed by atoms with Gasteiger partial charge in [0.15, 0.2) is 0 Å². The van der Waals surface area contributed by atoms with Crippen LogP contribution in [0.15, 0.2) is 36.4 Å². The highest BCUT2D eigenvalue weighted by molar-refractivity contribution is 6.36. The van der Waals surface area contributed by atoms with Gasteiger partial charge < -0.3 is 5.32 Å². The molecule has 0 heterocycles. The number of rotatable bonds is 4. The summed E-state index contributed by atoms with van der Waals surface area (Å²) in [6.07, 6.45) is 0.997. The second-order valence-electron chi connectivity index (χ2n) is 4.67. The molecule has 0 amide bonds. The van der Waals surface area contributed by atoms with E-state index in [0.717, 1.165) is 12.1 Å². The molecule has 1 atom stereocenters. The van der Waals surface area contributed by atoms with Gasteiger partial charge in [0.05, 0.1) is 11.1 Å². The Kier molecular flexibility index (Phi) is 4.90. The van der Waals surface area contributed by atoms with E-state index in [2.05, 4.69) is 24.4 Å². The summed E-state index contributed by atoms with van der Waals surface area (Å²) in [6.45, 7) is 4.01. The van der Waals surface area contributed by atoms with Crippen LogP contribution >= 0.6 is 23.2 Å². The minimum atomic E-state index is -0.457. The highest BCUT2D eigenvalue weighted by Crippen LogP contribution is 2.34. The first kappa shape index (κ1) is 15.1. The van der Waals surface area contributed by atoms with Crippen molar-refractivity contribution < 1.29 is 4.39 Å². The van der Waals surface area contributed by atoms with Gasteiger partial charge in [-0.25, -0.2) is 4.39 Å². The summed E-state index contributed by atoms with van der Waals surface area (Å²) in [4.78, 5) is 0. The number of hydrogen-bond donors (Lipinski definition) is 1. The second kappa shape index (κ2) is 6.47. The van der Waals surface area contributed by atoms with E-state index in [1.54, 1.807) is 0 Å². The normalized spacial score (nSPS) is 12.2. The fourth-order valence-corrected chi connectivity index (χ4v) is 2.80. The number of nitrogens with one attached hydrogen (secondary N) is 1. The summed E-state index contributed by atoms with van der Waals surface area (Å²) in [5.74, 6) is -0.457. The zero-order valence-electron chi connectivity index (χ0n) is 11.4. The molecule has 0 radical (unpaired) electrons. The van der Waals surface area contributed by atoms with E-state index >= 15 is 0 Å². The van der Waals surface area contributed by atoms with Gasteiger partial charge >= 0.3 is 0 Å². The number of anilines is 1. The van der Waals surface area contributed by atoms with Gasteiger partial charge in [-0.05, 0) is 43.2 Å². The first-order chi connectivity index (χ1) is 9.52. The molecule has 0 bridgehead atoms. The van der Waals surface area contributed by atoms with Crippen LogP contribution in [0.25, 0.3) is 0 Å². The lowest BCUT2D eigenvalue weighted by Crippen LogP contribution is -2.08. The van der Waals surface area contributed by atoms with E-state index in [0.29, 0.717) is 10.6 Å². The van der Waals surface area contributed by atoms with Crippen molar-refractivity contribution >= 4 is 28.9 Å². The Morgan fingerprint density at radius 1 is 1.10 bits per heavy atom. The Morgan fingerprint density at radius 3 is 2.35 bits per heavy atom. The molecule has 2 rings (SSSR count). The molecule has 0 fully saturated rings. The van der Waals surface area contributed by atoms with Crippen LogP contribution < -0.4 is 5.32 Å². The molecule has 2 aromatic carbocycles. The van der Waals surface area contributed by atoms with Gasteiger partial charge in [0.2, 0.25) is 0 Å². The van der Waals surface area contributed by atoms with E-state index in [-0.39, 0.29) is 11.1 Å². The Balaban J connectivity index is 2.23. The van der Waals surface area contributed by atoms with Gasteiger partial charge in [0.1, 0.15) is 5.82 Å². The summed E-state index contributed by atoms with van der Waals surface area (Å²) in [5.41, 5.74) is 2.80. The van der Waals surface area contributed by atoms with E-state index < -0.39 is 5.82 Å². The monoisotopic (exact) mass is 311 g/mol. The van der Waals surface area contributed by atoms with Crippen molar-refractivity contribution in [2.75, 3.05) is 5.32 Å². The van der Waals surface area contributed by atoms with Gasteiger partial charge in [-0.2, -0.15) is 0 Å². The Labute approximate surface area is 128 Å². The fraction of sp³-hybridized carbons (Fsp3) is 0.250. The number of halogens is 3. The van der Waals surface area contributed by atoms with Crippen LogP contribution in [0.1, 0.15) is 31.0 Å². The van der Waals surface area contributed by atoms with Crippen LogP contribution in [-0.4, -0.2) is 0 Å². The van der Waals surface area contributed by atoms with Crippen molar-refractivity contribution in [1.29, 1.82) is 0 Å². The lowest BCUT2D eigenvalue weighted by atomic mass is 10.1. The summed E-state index contributed by atoms with van der Waals surface area (Å²) in [6, 6.07) is 10.7. The molecule has 0 aliphatic carbocycles. The zero-order valence-corrected chi connectivity index (χ0v) is 12.9. The minimum Gasteiger partial charge on any atom is -0.378 e. The van der Waals surface area contributed by atoms with Gasteiger partial charge in [-0.1, -0.05) is 42.3 Å². The average Bonchev–Trinajstić information content (AvgIpc) is 2.44. The van der Waals surface area contributed by atoms with Crippen molar-refractivity contribution in [3.8, 4) is 0 Å². The highest BCUT2D eigenvalue weighted by atomic mass is 35.5. The van der Waals surface area contributed by atoms with Crippen LogP contribution in [0.2, 0.25) is 10.0 Å². The Bertz CT molecular complexity index is 596. The van der Waals surface area contributed by atoms with Crippen LogP contribution in [0.4, 0.5) is 10.1 Å². The molecule has 1 N–H and O–H groups in total. The molecule has 0 aliphatic heterocycles. The Hall–Kier alpha value is -1.25. The third-order valence-corrected chi connectivity index (χ3v) is 3.97. The summed E-state index contributed by atoms with van der Waals surface area (Å²) in [7, 11) is 0. The quantitative estimate of drug-likeness (QED) is 0.696. The fourth-order valence-electron chi connectivity index (χ4n) is 2.10. The second-order valence-corrected chi connectivity index (χ2v) is 5.46. The summed E-state index contributed by atoms with van der Waals surface area (Å²) >= 11 is 12.1. The molecular formula is C16H16Cl2FN. The third kappa shape index (κ3) is 3.25. The maximum Gasteiger partial charge on any atom is 0.142 e. The van der Waals surface area contributed by atoms with Crippen LogP contribution in [0.3, 0.4) is 0 Å². The molecule has 0 saturated heterocycles. The summed E-state index contributed by atoms with van der Waals surface area (Å²) in [5, 5.41) is 3.81. The molecule has 4 heteroatoms. The maximum atomic E-state index is 13.5. The highest BCUT2D eigenvalue weighted by Gasteiger charge is 2.16. The lowest BCUT2D eigenvalue weighted by molar-refractivity contribution is 0.624. The molecule has 0 aliphatic rings. The molecule has 20 heavy (non-hydrogen) atoms. The van der Waals surface area contributed by atoms with Gasteiger partial charge in [0, 0.05) is 16.3 Å². The van der Waals surface area contributed by atoms with Gasteiger partial charge in [-0.3, -0.25) is 0 Å². The van der Waals surface area contributed by atoms with E-state index in [4.69, 9.17) is 23.2 Å². The number of aryl methyl sites for hydroxylation is 1. The minimum absolute atomic E-state index is 0.0719. The third-order valence-electron chi connectivity index (χ3n) is 3.26. The van der Waals surface area contributed by atoms with Crippen LogP contribution in [-0.2, 0) is 6.42 Å². The molecule has 2 aromatic rings. The molecule has 106 valence electrons. The molecule has 1 unspecified atom stereocenters. The van der Waals surface area contributed by atoms with Crippen molar-refractivity contribution in [3.63, 3.8) is 0 Å². The predicted molar refractivity (Wildman–Crippen MR) is 84.3 cm³/mol. The number of hydrogen-bond acceptors (Lipinski definition) is 1. The first-order valence-corrected chi connectivity index (χ1v) is 7.27. The predicted octanol–water partition coefficient (Wildman–Crippen LogP) is 5.87. The van der Waals surface area contributed by atoms with Crippen molar-refractivity contribution in [2.24, 2.45) is 0 Å². The molecule has 1 nitrogen and oxygen atoms in total. The standard InChI is InChI=1S/C16H16Cl2FN/c1-3-11-4-6-12(7-5-11)20-10(2)15-13(17)8-9-14(19)16(15)18/h4-10,20H,3H2,1-2H3. The molecule has 0 aromatic heterocycles. The smallest absolute Gasteiger partial charge is 0.142 e. The lowest BCUT2D eigenvalue weighted by Gasteiger charge is -2.19. The zero-order chi connectivity index (χ0) is 14.7. The van der Waals surface area contributed by atoms with Crippen molar-refractivity contribution in [2.45, 2.75) is 26.3 Å². The number of benzene rings is 2. The Morgan fingerprint density at radius 2 is 1.75 bits per heavy atom. The van der Waals surface area contributed by atoms with Gasteiger partial charge in [-0.15, -0.1) is 0 Å². The van der Waals surface area contributed by atoms with E-state index in [1.165, 1.54) is 17.7 Å². The first-order valence-electron chi connectivity index (χ1n) is 6.51. The van der Waals surface area contributed by atoms with Crippen LogP contribution in [0.5, 0.6) is 0 Å². The van der Waals surface area contributed by atoms with E-state index in [1.807, 2.05) is 19.1 Å². The van der Waals surface area contributed by atoms with E-state index in [9.17, 15) is 4.39 Å². The van der Waals surface area contributed by atoms with Crippen molar-refractivity contribution in [3.05, 3.63) is 63.4 Å². The summed E-state index contributed by atoms with van der Waals surface area (Å²) < 4.78 is 13.5. The largest absolute Gasteiger partial charge is 0.378 e. The molecule has 0 saturated carbocycles. The SMILES string of the molecule is CCc1ccc(NC(C)c2c(Cl)ccc(F)c2Cl)cc1.